The predicted octanol–water partition coefficient (Wildman–Crippen LogP) is 2.50. The van der Waals surface area contributed by atoms with Crippen LogP contribution in [0.2, 0.25) is 0 Å². The lowest BCUT2D eigenvalue weighted by atomic mass is 10.1. The number of carbonyl (C=O) groups excluding carboxylic acids is 1. The molecule has 3 rings (SSSR count). The summed E-state index contributed by atoms with van der Waals surface area (Å²) in [6.45, 7) is 8.13. The third-order valence-electron chi connectivity index (χ3n) is 5.43. The minimum atomic E-state index is 0.101. The van der Waals surface area contributed by atoms with E-state index in [1.54, 1.807) is 0 Å². The molecule has 1 saturated heterocycles. The predicted molar refractivity (Wildman–Crippen MR) is 116 cm³/mol. The highest BCUT2D eigenvalue weighted by molar-refractivity contribution is 5.78. The van der Waals surface area contributed by atoms with Gasteiger partial charge in [-0.3, -0.25) is 14.6 Å². The van der Waals surface area contributed by atoms with E-state index in [9.17, 15) is 4.79 Å². The Morgan fingerprint density at radius 3 is 2.25 bits per heavy atom. The molecular weight excluding hydrogens is 348 g/mol. The summed E-state index contributed by atoms with van der Waals surface area (Å²) in [4.78, 5) is 19.1. The molecule has 2 aromatic carbocycles. The second-order valence-corrected chi connectivity index (χ2v) is 7.82. The minimum absolute atomic E-state index is 0.101. The molecule has 1 heterocycles. The quantitative estimate of drug-likeness (QED) is 0.801. The first-order valence-corrected chi connectivity index (χ1v) is 10.0. The number of rotatable bonds is 7. The van der Waals surface area contributed by atoms with Gasteiger partial charge in [0.05, 0.1) is 6.54 Å². The van der Waals surface area contributed by atoms with Gasteiger partial charge in [-0.15, -0.1) is 0 Å². The van der Waals surface area contributed by atoms with Crippen LogP contribution in [0, 0.1) is 6.92 Å². The van der Waals surface area contributed by atoms with Crippen LogP contribution in [0.3, 0.4) is 0 Å². The van der Waals surface area contributed by atoms with Crippen LogP contribution in [0.15, 0.2) is 48.5 Å². The van der Waals surface area contributed by atoms with E-state index in [1.165, 1.54) is 16.8 Å². The molecule has 150 valence electrons. The third-order valence-corrected chi connectivity index (χ3v) is 5.43. The number of amides is 1. The Kier molecular flexibility index (Phi) is 7.06. The van der Waals surface area contributed by atoms with Crippen molar-refractivity contribution >= 4 is 11.6 Å². The van der Waals surface area contributed by atoms with E-state index in [0.717, 1.165) is 38.3 Å². The van der Waals surface area contributed by atoms with Crippen LogP contribution in [0.4, 0.5) is 5.69 Å². The smallest absolute Gasteiger partial charge is 0.234 e. The summed E-state index contributed by atoms with van der Waals surface area (Å²) in [6.07, 6.45) is 0. The van der Waals surface area contributed by atoms with E-state index in [2.05, 4.69) is 75.5 Å². The monoisotopic (exact) mass is 380 g/mol. The zero-order valence-corrected chi connectivity index (χ0v) is 17.3. The van der Waals surface area contributed by atoms with Crippen LogP contribution in [0.25, 0.3) is 0 Å². The van der Waals surface area contributed by atoms with Gasteiger partial charge in [-0.2, -0.15) is 0 Å². The number of hydrogen-bond donors (Lipinski definition) is 1. The van der Waals surface area contributed by atoms with Gasteiger partial charge in [0.2, 0.25) is 5.91 Å². The number of anilines is 1. The Morgan fingerprint density at radius 2 is 1.61 bits per heavy atom. The lowest BCUT2D eigenvalue weighted by Gasteiger charge is -2.34. The molecule has 0 spiro atoms. The molecule has 1 aliphatic rings. The molecule has 1 amide bonds. The topological polar surface area (TPSA) is 38.8 Å². The standard InChI is InChI=1S/C23H32N4O/c1-19-6-4-5-7-21(19)17-26-12-14-27(15-13-26)18-23(28)24-16-20-8-10-22(11-9-20)25(2)3/h4-11H,12-18H2,1-3H3,(H,24,28). The molecule has 28 heavy (non-hydrogen) atoms. The first-order chi connectivity index (χ1) is 13.5. The summed E-state index contributed by atoms with van der Waals surface area (Å²) in [6, 6.07) is 16.9. The lowest BCUT2D eigenvalue weighted by Crippen LogP contribution is -2.49. The zero-order chi connectivity index (χ0) is 19.9. The number of piperazine rings is 1. The molecule has 0 atom stereocenters. The largest absolute Gasteiger partial charge is 0.378 e. The average molecular weight is 381 g/mol. The van der Waals surface area contributed by atoms with Gasteiger partial charge in [0, 0.05) is 59.1 Å². The number of benzene rings is 2. The second-order valence-electron chi connectivity index (χ2n) is 7.82. The fourth-order valence-electron chi connectivity index (χ4n) is 3.51. The van der Waals surface area contributed by atoms with Crippen molar-refractivity contribution in [3.8, 4) is 0 Å². The average Bonchev–Trinajstić information content (AvgIpc) is 2.70. The van der Waals surface area contributed by atoms with Crippen molar-refractivity contribution in [1.82, 2.24) is 15.1 Å². The van der Waals surface area contributed by atoms with Gasteiger partial charge >= 0.3 is 0 Å². The highest BCUT2D eigenvalue weighted by atomic mass is 16.2. The van der Waals surface area contributed by atoms with E-state index in [1.807, 2.05) is 14.1 Å². The summed E-state index contributed by atoms with van der Waals surface area (Å²) >= 11 is 0. The lowest BCUT2D eigenvalue weighted by molar-refractivity contribution is -0.122. The van der Waals surface area contributed by atoms with Crippen molar-refractivity contribution in [2.45, 2.75) is 20.0 Å². The Morgan fingerprint density at radius 1 is 0.964 bits per heavy atom. The number of nitrogens with zero attached hydrogens (tertiary/aromatic N) is 3. The Labute approximate surface area is 168 Å². The number of nitrogens with one attached hydrogen (secondary N) is 1. The fraction of sp³-hybridized carbons (Fsp3) is 0.435. The molecule has 1 N–H and O–H groups in total. The highest BCUT2D eigenvalue weighted by Crippen LogP contribution is 2.13. The van der Waals surface area contributed by atoms with Crippen LogP contribution in [0.1, 0.15) is 16.7 Å². The molecule has 0 aliphatic carbocycles. The summed E-state index contributed by atoms with van der Waals surface area (Å²) in [5, 5.41) is 3.05. The van der Waals surface area contributed by atoms with Crippen LogP contribution in [-0.4, -0.2) is 62.5 Å². The van der Waals surface area contributed by atoms with Crippen molar-refractivity contribution in [3.63, 3.8) is 0 Å². The zero-order valence-electron chi connectivity index (χ0n) is 17.3. The number of hydrogen-bond acceptors (Lipinski definition) is 4. The van der Waals surface area contributed by atoms with E-state index >= 15 is 0 Å². The van der Waals surface area contributed by atoms with Gasteiger partial charge in [-0.25, -0.2) is 0 Å². The normalized spacial score (nSPS) is 15.4. The van der Waals surface area contributed by atoms with Gasteiger partial charge < -0.3 is 10.2 Å². The molecule has 0 unspecified atom stereocenters. The van der Waals surface area contributed by atoms with E-state index < -0.39 is 0 Å². The molecule has 0 saturated carbocycles. The molecule has 5 heteroatoms. The molecule has 0 radical (unpaired) electrons. The second kappa shape index (κ2) is 9.71. The van der Waals surface area contributed by atoms with Gasteiger partial charge in [0.1, 0.15) is 0 Å². The summed E-state index contributed by atoms with van der Waals surface area (Å²) in [7, 11) is 4.05. The van der Waals surface area contributed by atoms with E-state index in [4.69, 9.17) is 0 Å². The van der Waals surface area contributed by atoms with Gasteiger partial charge in [-0.1, -0.05) is 36.4 Å². The molecule has 1 fully saturated rings. The van der Waals surface area contributed by atoms with Crippen LogP contribution >= 0.6 is 0 Å². The van der Waals surface area contributed by atoms with Gasteiger partial charge in [0.25, 0.3) is 0 Å². The van der Waals surface area contributed by atoms with Crippen LogP contribution < -0.4 is 10.2 Å². The van der Waals surface area contributed by atoms with Gasteiger partial charge in [-0.05, 0) is 35.7 Å². The molecule has 0 aromatic heterocycles. The molecule has 0 bridgehead atoms. The van der Waals surface area contributed by atoms with E-state index in [-0.39, 0.29) is 5.91 Å². The SMILES string of the molecule is Cc1ccccc1CN1CCN(CC(=O)NCc2ccc(N(C)C)cc2)CC1. The number of carbonyl (C=O) groups is 1. The number of aryl methyl sites for hydroxylation is 1. The maximum atomic E-state index is 12.3. The van der Waals surface area contributed by atoms with Crippen molar-refractivity contribution < 1.29 is 4.79 Å². The Balaban J connectivity index is 1.38. The maximum Gasteiger partial charge on any atom is 0.234 e. The Bertz CT molecular complexity index is 764. The molecular formula is C23H32N4O. The van der Waals surface area contributed by atoms with Gasteiger partial charge in [0.15, 0.2) is 0 Å². The minimum Gasteiger partial charge on any atom is -0.378 e. The molecule has 2 aromatic rings. The van der Waals surface area contributed by atoms with Crippen LogP contribution in [-0.2, 0) is 17.9 Å². The van der Waals surface area contributed by atoms with E-state index in [0.29, 0.717) is 13.1 Å². The van der Waals surface area contributed by atoms with Crippen molar-refractivity contribution in [3.05, 3.63) is 65.2 Å². The first kappa shape index (κ1) is 20.4. The maximum absolute atomic E-state index is 12.3. The summed E-state index contributed by atoms with van der Waals surface area (Å²) in [5.74, 6) is 0.101. The first-order valence-electron chi connectivity index (χ1n) is 10.0. The molecule has 5 nitrogen and oxygen atoms in total. The van der Waals surface area contributed by atoms with Crippen LogP contribution in [0.5, 0.6) is 0 Å². The van der Waals surface area contributed by atoms with Crippen molar-refractivity contribution in [2.75, 3.05) is 51.7 Å². The van der Waals surface area contributed by atoms with Crippen molar-refractivity contribution in [1.29, 1.82) is 0 Å². The summed E-state index contributed by atoms with van der Waals surface area (Å²) in [5.41, 5.74) is 5.04. The fourth-order valence-corrected chi connectivity index (χ4v) is 3.51. The summed E-state index contributed by atoms with van der Waals surface area (Å²) < 4.78 is 0. The highest BCUT2D eigenvalue weighted by Gasteiger charge is 2.19. The Hall–Kier alpha value is -2.37. The third kappa shape index (κ3) is 5.81. The molecule has 1 aliphatic heterocycles. The van der Waals surface area contributed by atoms with Crippen molar-refractivity contribution in [2.24, 2.45) is 0 Å².